The minimum atomic E-state index is 0.0572. The summed E-state index contributed by atoms with van der Waals surface area (Å²) in [5.41, 5.74) is 2.54. The van der Waals surface area contributed by atoms with Crippen molar-refractivity contribution in [3.8, 4) is 0 Å². The summed E-state index contributed by atoms with van der Waals surface area (Å²) in [7, 11) is 0. The zero-order chi connectivity index (χ0) is 28.8. The Morgan fingerprint density at radius 1 is 0.875 bits per heavy atom. The van der Waals surface area contributed by atoms with Crippen LogP contribution in [0.2, 0.25) is 0 Å². The molecule has 0 aromatic carbocycles. The Morgan fingerprint density at radius 2 is 1.60 bits per heavy atom. The molecule has 0 aromatic heterocycles. The first-order valence-electron chi connectivity index (χ1n) is 18.1. The zero-order valence-corrected chi connectivity index (χ0v) is 27.6. The lowest BCUT2D eigenvalue weighted by Crippen LogP contribution is -2.51. The fourth-order valence-corrected chi connectivity index (χ4v) is 10.4. The van der Waals surface area contributed by atoms with Crippen LogP contribution in [0.3, 0.4) is 0 Å². The maximum absolute atomic E-state index is 12.7. The standard InChI is InChI=1S/C38H66O2/c1-7-8-9-10-11-12-13-14-18-36(39)40-31-23-25-37(5)30(27-31)19-20-32-34-22-21-33(29(4)17-15-16-28(2)3)38(34,6)26-24-35(32)37/h19,28-29,31-35H,7-18,20-27H2,1-6H3/t29-,31+,32+,33+,34-,35+,37+,38-/m1/s1. The third kappa shape index (κ3) is 7.40. The smallest absolute Gasteiger partial charge is 0.306 e. The molecule has 0 aromatic rings. The number of rotatable bonds is 15. The van der Waals surface area contributed by atoms with Crippen molar-refractivity contribution < 1.29 is 9.53 Å². The van der Waals surface area contributed by atoms with Crippen molar-refractivity contribution in [2.45, 2.75) is 176 Å². The summed E-state index contributed by atoms with van der Waals surface area (Å²) in [6.45, 7) is 14.9. The molecule has 0 saturated heterocycles. The highest BCUT2D eigenvalue weighted by molar-refractivity contribution is 5.69. The molecule has 0 amide bonds. The van der Waals surface area contributed by atoms with Crippen molar-refractivity contribution >= 4 is 5.97 Å². The van der Waals surface area contributed by atoms with E-state index in [1.165, 1.54) is 103 Å². The van der Waals surface area contributed by atoms with Crippen LogP contribution in [0, 0.1) is 46.3 Å². The molecule has 4 aliphatic carbocycles. The van der Waals surface area contributed by atoms with E-state index in [1.54, 1.807) is 5.57 Å². The average Bonchev–Trinajstić information content (AvgIpc) is 3.27. The van der Waals surface area contributed by atoms with Crippen LogP contribution < -0.4 is 0 Å². The van der Waals surface area contributed by atoms with Gasteiger partial charge in [0.15, 0.2) is 0 Å². The van der Waals surface area contributed by atoms with E-state index in [2.05, 4.69) is 47.6 Å². The number of carbonyl (C=O) groups is 1. The number of hydrogen-bond donors (Lipinski definition) is 0. The second-order valence-corrected chi connectivity index (χ2v) is 15.9. The van der Waals surface area contributed by atoms with Gasteiger partial charge in [0, 0.05) is 12.8 Å². The van der Waals surface area contributed by atoms with Gasteiger partial charge in [-0.05, 0) is 97.7 Å². The molecule has 0 N–H and O–H groups in total. The first-order valence-corrected chi connectivity index (χ1v) is 18.1. The van der Waals surface area contributed by atoms with Gasteiger partial charge in [0.2, 0.25) is 0 Å². The Labute approximate surface area is 249 Å². The number of esters is 1. The minimum absolute atomic E-state index is 0.0572. The second kappa shape index (κ2) is 14.6. The first kappa shape index (κ1) is 32.1. The Balaban J connectivity index is 1.26. The molecule has 0 radical (unpaired) electrons. The molecule has 0 unspecified atom stereocenters. The molecule has 3 fully saturated rings. The molecule has 8 atom stereocenters. The summed E-state index contributed by atoms with van der Waals surface area (Å²) in [5, 5.41) is 0. The van der Waals surface area contributed by atoms with Crippen LogP contribution in [0.5, 0.6) is 0 Å². The second-order valence-electron chi connectivity index (χ2n) is 15.9. The number of unbranched alkanes of at least 4 members (excludes halogenated alkanes) is 7. The normalized spacial score (nSPS) is 36.0. The monoisotopic (exact) mass is 555 g/mol. The lowest BCUT2D eigenvalue weighted by Gasteiger charge is -2.58. The van der Waals surface area contributed by atoms with E-state index in [4.69, 9.17) is 4.74 Å². The molecule has 0 spiro atoms. The number of ether oxygens (including phenoxy) is 1. The highest BCUT2D eigenvalue weighted by Crippen LogP contribution is 2.67. The van der Waals surface area contributed by atoms with Gasteiger partial charge < -0.3 is 4.74 Å². The summed E-state index contributed by atoms with van der Waals surface area (Å²) < 4.78 is 6.07. The fraction of sp³-hybridized carbons (Fsp3) is 0.921. The molecule has 2 heteroatoms. The van der Waals surface area contributed by atoms with E-state index in [9.17, 15) is 4.79 Å². The van der Waals surface area contributed by atoms with Gasteiger partial charge >= 0.3 is 5.97 Å². The van der Waals surface area contributed by atoms with Gasteiger partial charge in [0.05, 0.1) is 0 Å². The molecule has 4 aliphatic rings. The topological polar surface area (TPSA) is 26.3 Å². The van der Waals surface area contributed by atoms with E-state index in [0.29, 0.717) is 17.3 Å². The highest BCUT2D eigenvalue weighted by Gasteiger charge is 2.59. The number of carbonyl (C=O) groups excluding carboxylic acids is 1. The predicted molar refractivity (Wildman–Crippen MR) is 170 cm³/mol. The van der Waals surface area contributed by atoms with Crippen LogP contribution in [-0.4, -0.2) is 12.1 Å². The fourth-order valence-electron chi connectivity index (χ4n) is 10.4. The Kier molecular flexibility index (Phi) is 11.7. The SMILES string of the molecule is CCCCCCCCCCC(=O)O[C@H]1CC[C@@]2(C)C(=CC[C@H]3[C@H]4CC[C@@H]([C@H](C)CCCC(C)C)[C@@]4(C)CC[C@@H]32)C1. The Morgan fingerprint density at radius 3 is 2.33 bits per heavy atom. The van der Waals surface area contributed by atoms with E-state index in [0.717, 1.165) is 54.8 Å². The van der Waals surface area contributed by atoms with Gasteiger partial charge in [-0.15, -0.1) is 0 Å². The van der Waals surface area contributed by atoms with Crippen molar-refractivity contribution in [1.29, 1.82) is 0 Å². The highest BCUT2D eigenvalue weighted by atomic mass is 16.5. The Bertz CT molecular complexity index is 827. The number of allylic oxidation sites excluding steroid dienone is 1. The maximum Gasteiger partial charge on any atom is 0.306 e. The molecule has 4 rings (SSSR count). The molecule has 0 heterocycles. The summed E-state index contributed by atoms with van der Waals surface area (Å²) in [5.74, 6) is 5.34. The van der Waals surface area contributed by atoms with Crippen molar-refractivity contribution in [3.63, 3.8) is 0 Å². The van der Waals surface area contributed by atoms with Crippen LogP contribution in [-0.2, 0) is 9.53 Å². The quantitative estimate of drug-likeness (QED) is 0.114. The molecular weight excluding hydrogens is 488 g/mol. The lowest BCUT2D eigenvalue weighted by atomic mass is 9.47. The van der Waals surface area contributed by atoms with E-state index in [-0.39, 0.29) is 12.1 Å². The summed E-state index contributed by atoms with van der Waals surface area (Å²) in [6, 6.07) is 0. The molecule has 230 valence electrons. The van der Waals surface area contributed by atoms with Gasteiger partial charge in [0.25, 0.3) is 0 Å². The maximum atomic E-state index is 12.7. The van der Waals surface area contributed by atoms with Crippen LogP contribution in [0.25, 0.3) is 0 Å². The van der Waals surface area contributed by atoms with Gasteiger partial charge in [-0.25, -0.2) is 0 Å². The largest absolute Gasteiger partial charge is 0.462 e. The molecular formula is C38H66O2. The molecule has 0 aliphatic heterocycles. The minimum Gasteiger partial charge on any atom is -0.462 e. The van der Waals surface area contributed by atoms with E-state index < -0.39 is 0 Å². The van der Waals surface area contributed by atoms with Crippen LogP contribution in [0.1, 0.15) is 170 Å². The van der Waals surface area contributed by atoms with Crippen molar-refractivity contribution in [2.75, 3.05) is 0 Å². The lowest BCUT2D eigenvalue weighted by molar-refractivity contribution is -0.151. The van der Waals surface area contributed by atoms with Crippen molar-refractivity contribution in [1.82, 2.24) is 0 Å². The van der Waals surface area contributed by atoms with Gasteiger partial charge in [-0.1, -0.05) is 117 Å². The third-order valence-corrected chi connectivity index (χ3v) is 12.8. The molecule has 40 heavy (non-hydrogen) atoms. The average molecular weight is 555 g/mol. The van der Waals surface area contributed by atoms with Crippen molar-refractivity contribution in [3.05, 3.63) is 11.6 Å². The number of hydrogen-bond acceptors (Lipinski definition) is 2. The summed E-state index contributed by atoms with van der Waals surface area (Å²) >= 11 is 0. The van der Waals surface area contributed by atoms with Gasteiger partial charge in [0.1, 0.15) is 6.10 Å². The third-order valence-electron chi connectivity index (χ3n) is 12.8. The van der Waals surface area contributed by atoms with Gasteiger partial charge in [-0.3, -0.25) is 4.79 Å². The molecule has 0 bridgehead atoms. The molecule has 3 saturated carbocycles. The van der Waals surface area contributed by atoms with E-state index in [1.807, 2.05) is 0 Å². The first-order chi connectivity index (χ1) is 19.2. The summed E-state index contributed by atoms with van der Waals surface area (Å²) in [4.78, 5) is 12.7. The molecule has 2 nitrogen and oxygen atoms in total. The van der Waals surface area contributed by atoms with Crippen LogP contribution >= 0.6 is 0 Å². The number of fused-ring (bicyclic) bond motifs is 5. The van der Waals surface area contributed by atoms with Crippen LogP contribution in [0.15, 0.2) is 11.6 Å². The predicted octanol–water partition coefficient (Wildman–Crippen LogP) is 11.5. The van der Waals surface area contributed by atoms with E-state index >= 15 is 0 Å². The van der Waals surface area contributed by atoms with Crippen LogP contribution in [0.4, 0.5) is 0 Å². The Hall–Kier alpha value is -0.790. The van der Waals surface area contributed by atoms with Gasteiger partial charge in [-0.2, -0.15) is 0 Å². The zero-order valence-electron chi connectivity index (χ0n) is 27.6. The van der Waals surface area contributed by atoms with Crippen molar-refractivity contribution in [2.24, 2.45) is 46.3 Å². The summed E-state index contributed by atoms with van der Waals surface area (Å²) in [6.07, 6.45) is 28.1.